The third-order valence-electron chi connectivity index (χ3n) is 8.36. The maximum Gasteiger partial charge on any atom is 0.258 e. The summed E-state index contributed by atoms with van der Waals surface area (Å²) in [5.74, 6) is -1.14. The quantitative estimate of drug-likeness (QED) is 0.404. The molecule has 0 aromatic heterocycles. The molecule has 5 rings (SSSR count). The van der Waals surface area contributed by atoms with Crippen molar-refractivity contribution in [2.75, 3.05) is 29.9 Å². The fraction of sp³-hybridized carbons (Fsp3) is 0.353. The van der Waals surface area contributed by atoms with Gasteiger partial charge in [0.25, 0.3) is 11.8 Å². The summed E-state index contributed by atoms with van der Waals surface area (Å²) < 4.78 is 14.5. The summed E-state index contributed by atoms with van der Waals surface area (Å²) in [6.45, 7) is 4.95. The molecule has 4 amide bonds. The van der Waals surface area contributed by atoms with E-state index in [1.165, 1.54) is 19.1 Å². The summed E-state index contributed by atoms with van der Waals surface area (Å²) in [4.78, 5) is 54.6. The number of benzene rings is 3. The van der Waals surface area contributed by atoms with Crippen LogP contribution in [0.25, 0.3) is 0 Å². The highest BCUT2D eigenvalue weighted by atomic mass is 19.1. The van der Waals surface area contributed by atoms with Crippen molar-refractivity contribution in [2.24, 2.45) is 0 Å². The molecule has 0 radical (unpaired) electrons. The number of aryl methyl sites for hydroxylation is 1. The maximum atomic E-state index is 14.5. The average molecular weight is 585 g/mol. The fourth-order valence-corrected chi connectivity index (χ4v) is 6.07. The first-order valence-corrected chi connectivity index (χ1v) is 14.8. The number of hydrogen-bond acceptors (Lipinski definition) is 4. The number of nitrogens with one attached hydrogen (secondary N) is 2. The third kappa shape index (κ3) is 7.10. The van der Waals surface area contributed by atoms with E-state index in [0.717, 1.165) is 5.56 Å². The largest absolute Gasteiger partial charge is 0.353 e. The van der Waals surface area contributed by atoms with E-state index in [1.54, 1.807) is 41.3 Å². The van der Waals surface area contributed by atoms with Crippen molar-refractivity contribution in [2.45, 2.75) is 57.9 Å². The molecule has 1 saturated heterocycles. The van der Waals surface area contributed by atoms with Gasteiger partial charge in [-0.2, -0.15) is 0 Å². The summed E-state index contributed by atoms with van der Waals surface area (Å²) in [5, 5.41) is 5.80. The van der Waals surface area contributed by atoms with E-state index < -0.39 is 5.82 Å². The third-order valence-corrected chi connectivity index (χ3v) is 8.36. The van der Waals surface area contributed by atoms with Gasteiger partial charge in [0.2, 0.25) is 11.8 Å². The SMILES string of the molecule is CC(=O)NC1CCN(C(=O)CC2CCCN(C(=O)c3ccc(NC(=O)c4ccccc4C)cc3)c3ccc(F)cc32)CC1. The van der Waals surface area contributed by atoms with Crippen molar-refractivity contribution in [3.05, 3.63) is 94.8 Å². The minimum atomic E-state index is -0.407. The van der Waals surface area contributed by atoms with Crippen LogP contribution in [0.1, 0.15) is 76.8 Å². The van der Waals surface area contributed by atoms with Crippen molar-refractivity contribution >= 4 is 35.0 Å². The van der Waals surface area contributed by atoms with Crippen molar-refractivity contribution < 1.29 is 23.6 Å². The lowest BCUT2D eigenvalue weighted by molar-refractivity contribution is -0.132. The van der Waals surface area contributed by atoms with Gasteiger partial charge in [0.15, 0.2) is 0 Å². The molecular weight excluding hydrogens is 547 g/mol. The number of fused-ring (bicyclic) bond motifs is 1. The summed E-state index contributed by atoms with van der Waals surface area (Å²) in [6.07, 6.45) is 2.96. The Bertz CT molecular complexity index is 1520. The van der Waals surface area contributed by atoms with E-state index >= 15 is 0 Å². The lowest BCUT2D eigenvalue weighted by atomic mass is 9.90. The van der Waals surface area contributed by atoms with Crippen molar-refractivity contribution in [1.82, 2.24) is 10.2 Å². The Balaban J connectivity index is 1.28. The minimum absolute atomic E-state index is 0.00425. The molecule has 3 aromatic carbocycles. The van der Waals surface area contributed by atoms with Crippen LogP contribution >= 0.6 is 0 Å². The van der Waals surface area contributed by atoms with E-state index in [1.807, 2.05) is 30.0 Å². The number of likely N-dealkylation sites (tertiary alicyclic amines) is 1. The predicted octanol–water partition coefficient (Wildman–Crippen LogP) is 5.43. The molecule has 0 spiro atoms. The second-order valence-corrected chi connectivity index (χ2v) is 11.4. The number of carbonyl (C=O) groups is 4. The van der Waals surface area contributed by atoms with Crippen LogP contribution in [0, 0.1) is 12.7 Å². The van der Waals surface area contributed by atoms with Crippen molar-refractivity contribution in [3.63, 3.8) is 0 Å². The first kappa shape index (κ1) is 29.9. The zero-order valence-electron chi connectivity index (χ0n) is 24.6. The van der Waals surface area contributed by atoms with Crippen LogP contribution in [-0.4, -0.2) is 54.2 Å². The van der Waals surface area contributed by atoms with Crippen molar-refractivity contribution in [1.29, 1.82) is 0 Å². The van der Waals surface area contributed by atoms with Crippen LogP contribution in [0.3, 0.4) is 0 Å². The fourth-order valence-electron chi connectivity index (χ4n) is 6.07. The van der Waals surface area contributed by atoms with Gasteiger partial charge in [-0.15, -0.1) is 0 Å². The standard InChI is InChI=1S/C34H37FN4O4/c1-22-6-3-4-8-29(22)33(42)37-27-12-9-24(10-13-27)34(43)39-17-5-7-25(30-21-26(35)11-14-31(30)39)20-32(41)38-18-15-28(16-19-38)36-23(2)40/h3-4,6,8-14,21,25,28H,5,7,15-20H2,1-2H3,(H,36,40)(H,37,42). The van der Waals surface area contributed by atoms with Gasteiger partial charge in [-0.25, -0.2) is 4.39 Å². The molecule has 8 nitrogen and oxygen atoms in total. The van der Waals surface area contributed by atoms with Crippen molar-refractivity contribution in [3.8, 4) is 0 Å². The van der Waals surface area contributed by atoms with E-state index in [4.69, 9.17) is 0 Å². The zero-order chi connectivity index (χ0) is 30.5. The molecule has 2 heterocycles. The average Bonchev–Trinajstić information content (AvgIpc) is 3.16. The van der Waals surface area contributed by atoms with Gasteiger partial charge in [0, 0.05) is 61.5 Å². The summed E-state index contributed by atoms with van der Waals surface area (Å²) in [5.41, 5.74) is 3.74. The molecular formula is C34H37FN4O4. The highest BCUT2D eigenvalue weighted by molar-refractivity contribution is 6.08. The molecule has 2 aliphatic heterocycles. The number of halogens is 1. The zero-order valence-corrected chi connectivity index (χ0v) is 24.6. The molecule has 1 fully saturated rings. The molecule has 2 N–H and O–H groups in total. The Morgan fingerprint density at radius 3 is 2.33 bits per heavy atom. The van der Waals surface area contributed by atoms with Gasteiger partial charge in [-0.1, -0.05) is 18.2 Å². The second kappa shape index (κ2) is 13.2. The van der Waals surface area contributed by atoms with Crippen LogP contribution < -0.4 is 15.5 Å². The molecule has 1 unspecified atom stereocenters. The number of amides is 4. The van der Waals surface area contributed by atoms with E-state index in [9.17, 15) is 23.6 Å². The molecule has 0 bridgehead atoms. The van der Waals surface area contributed by atoms with Gasteiger partial charge in [-0.05, 0) is 98.2 Å². The maximum absolute atomic E-state index is 14.5. The van der Waals surface area contributed by atoms with Crippen LogP contribution in [0.15, 0.2) is 66.7 Å². The van der Waals surface area contributed by atoms with Gasteiger partial charge in [0.1, 0.15) is 5.82 Å². The topological polar surface area (TPSA) is 98.8 Å². The Morgan fingerprint density at radius 1 is 0.907 bits per heavy atom. The van der Waals surface area contributed by atoms with E-state index in [0.29, 0.717) is 73.4 Å². The Kier molecular flexibility index (Phi) is 9.19. The lowest BCUT2D eigenvalue weighted by Gasteiger charge is -2.33. The van der Waals surface area contributed by atoms with Crippen LogP contribution in [0.4, 0.5) is 15.8 Å². The number of rotatable bonds is 6. The second-order valence-electron chi connectivity index (χ2n) is 11.4. The molecule has 9 heteroatoms. The number of nitrogens with zero attached hydrogens (tertiary/aromatic N) is 2. The molecule has 1 atom stereocenters. The highest BCUT2D eigenvalue weighted by Crippen LogP contribution is 2.38. The lowest BCUT2D eigenvalue weighted by Crippen LogP contribution is -2.46. The number of carbonyl (C=O) groups excluding carboxylic acids is 4. The number of hydrogen-bond donors (Lipinski definition) is 2. The summed E-state index contributed by atoms with van der Waals surface area (Å²) >= 11 is 0. The molecule has 224 valence electrons. The van der Waals surface area contributed by atoms with Gasteiger partial charge < -0.3 is 20.4 Å². The Morgan fingerprint density at radius 2 is 1.63 bits per heavy atom. The molecule has 43 heavy (non-hydrogen) atoms. The molecule has 0 aliphatic carbocycles. The summed E-state index contributed by atoms with van der Waals surface area (Å²) in [7, 11) is 0. The van der Waals surface area contributed by atoms with E-state index in [2.05, 4.69) is 10.6 Å². The van der Waals surface area contributed by atoms with E-state index in [-0.39, 0.29) is 42.0 Å². The van der Waals surface area contributed by atoms with Crippen LogP contribution in [-0.2, 0) is 9.59 Å². The normalized spacial score (nSPS) is 17.0. The van der Waals surface area contributed by atoms with Crippen LogP contribution in [0.5, 0.6) is 0 Å². The van der Waals surface area contributed by atoms with Gasteiger partial charge in [-0.3, -0.25) is 19.2 Å². The van der Waals surface area contributed by atoms with Crippen LogP contribution in [0.2, 0.25) is 0 Å². The predicted molar refractivity (Wildman–Crippen MR) is 164 cm³/mol. The van der Waals surface area contributed by atoms with Gasteiger partial charge >= 0.3 is 0 Å². The highest BCUT2D eigenvalue weighted by Gasteiger charge is 2.31. The Labute approximate surface area is 251 Å². The first-order chi connectivity index (χ1) is 20.7. The summed E-state index contributed by atoms with van der Waals surface area (Å²) in [6, 6.07) is 18.6. The van der Waals surface area contributed by atoms with Gasteiger partial charge in [0.05, 0.1) is 0 Å². The first-order valence-electron chi connectivity index (χ1n) is 14.8. The monoisotopic (exact) mass is 584 g/mol. The Hall–Kier alpha value is -4.53. The smallest absolute Gasteiger partial charge is 0.258 e. The minimum Gasteiger partial charge on any atom is -0.353 e. The number of piperidine rings is 1. The number of anilines is 2. The molecule has 0 saturated carbocycles. The molecule has 3 aromatic rings. The molecule has 2 aliphatic rings.